The SMILES string of the molecule is Cc1ccoc1C1C(CN)C1(C)C. The molecule has 0 aromatic carbocycles. The van der Waals surface area contributed by atoms with Crippen molar-refractivity contribution < 1.29 is 4.42 Å². The third-order valence-electron chi connectivity index (χ3n) is 3.49. The summed E-state index contributed by atoms with van der Waals surface area (Å²) in [6.07, 6.45) is 1.77. The van der Waals surface area contributed by atoms with Gasteiger partial charge in [-0.3, -0.25) is 0 Å². The highest BCUT2D eigenvalue weighted by Gasteiger charge is 2.59. The van der Waals surface area contributed by atoms with E-state index in [2.05, 4.69) is 20.8 Å². The average molecular weight is 179 g/mol. The number of nitrogens with two attached hydrogens (primary N) is 1. The molecule has 1 saturated carbocycles. The topological polar surface area (TPSA) is 39.2 Å². The Kier molecular flexibility index (Phi) is 1.77. The zero-order valence-corrected chi connectivity index (χ0v) is 8.50. The van der Waals surface area contributed by atoms with Gasteiger partial charge in [0.2, 0.25) is 0 Å². The molecule has 0 amide bonds. The summed E-state index contributed by atoms with van der Waals surface area (Å²) >= 11 is 0. The molecule has 0 spiro atoms. The molecular formula is C11H17NO. The highest BCUT2D eigenvalue weighted by atomic mass is 16.3. The van der Waals surface area contributed by atoms with Gasteiger partial charge in [0, 0.05) is 5.92 Å². The molecule has 0 aliphatic heterocycles. The first-order valence-corrected chi connectivity index (χ1v) is 4.83. The molecule has 13 heavy (non-hydrogen) atoms. The fourth-order valence-corrected chi connectivity index (χ4v) is 2.41. The van der Waals surface area contributed by atoms with Crippen LogP contribution in [0.25, 0.3) is 0 Å². The van der Waals surface area contributed by atoms with E-state index >= 15 is 0 Å². The third-order valence-corrected chi connectivity index (χ3v) is 3.49. The van der Waals surface area contributed by atoms with Crippen molar-refractivity contribution in [2.24, 2.45) is 17.1 Å². The van der Waals surface area contributed by atoms with Gasteiger partial charge in [-0.15, -0.1) is 0 Å². The van der Waals surface area contributed by atoms with Crippen molar-refractivity contribution in [1.82, 2.24) is 0 Å². The Balaban J connectivity index is 2.26. The molecule has 0 radical (unpaired) electrons. The summed E-state index contributed by atoms with van der Waals surface area (Å²) in [5.41, 5.74) is 7.30. The Morgan fingerprint density at radius 1 is 1.54 bits per heavy atom. The molecule has 1 heterocycles. The fourth-order valence-electron chi connectivity index (χ4n) is 2.41. The Hall–Kier alpha value is -0.760. The van der Waals surface area contributed by atoms with Crippen LogP contribution in [0, 0.1) is 18.3 Å². The second-order valence-electron chi connectivity index (χ2n) is 4.61. The summed E-state index contributed by atoms with van der Waals surface area (Å²) in [7, 11) is 0. The molecule has 1 aliphatic rings. The first-order chi connectivity index (χ1) is 6.09. The quantitative estimate of drug-likeness (QED) is 0.756. The van der Waals surface area contributed by atoms with E-state index < -0.39 is 0 Å². The minimum absolute atomic E-state index is 0.331. The lowest BCUT2D eigenvalue weighted by Crippen LogP contribution is -2.05. The van der Waals surface area contributed by atoms with Crippen molar-refractivity contribution in [1.29, 1.82) is 0 Å². The zero-order chi connectivity index (χ0) is 9.64. The minimum atomic E-state index is 0.331. The van der Waals surface area contributed by atoms with Crippen LogP contribution in [-0.4, -0.2) is 6.54 Å². The van der Waals surface area contributed by atoms with Crippen LogP contribution in [-0.2, 0) is 0 Å². The van der Waals surface area contributed by atoms with Gasteiger partial charge < -0.3 is 10.2 Å². The molecule has 0 saturated heterocycles. The Morgan fingerprint density at radius 3 is 2.62 bits per heavy atom. The second kappa shape index (κ2) is 2.61. The van der Waals surface area contributed by atoms with Crippen LogP contribution in [0.1, 0.15) is 31.1 Å². The van der Waals surface area contributed by atoms with E-state index in [0.717, 1.165) is 12.3 Å². The fraction of sp³-hybridized carbons (Fsp3) is 0.636. The molecule has 2 atom stereocenters. The van der Waals surface area contributed by atoms with E-state index in [1.165, 1.54) is 5.56 Å². The molecular weight excluding hydrogens is 162 g/mol. The largest absolute Gasteiger partial charge is 0.469 e. The van der Waals surface area contributed by atoms with Crippen LogP contribution in [0.3, 0.4) is 0 Å². The molecule has 2 unspecified atom stereocenters. The van der Waals surface area contributed by atoms with Crippen LogP contribution < -0.4 is 5.73 Å². The van der Waals surface area contributed by atoms with Gasteiger partial charge in [-0.1, -0.05) is 13.8 Å². The maximum Gasteiger partial charge on any atom is 0.110 e. The molecule has 0 bridgehead atoms. The molecule has 1 aromatic heterocycles. The number of hydrogen-bond acceptors (Lipinski definition) is 2. The highest BCUT2D eigenvalue weighted by Crippen LogP contribution is 2.64. The van der Waals surface area contributed by atoms with Gasteiger partial charge in [-0.05, 0) is 36.4 Å². The summed E-state index contributed by atoms with van der Waals surface area (Å²) in [6.45, 7) is 7.38. The first kappa shape index (κ1) is 8.82. The summed E-state index contributed by atoms with van der Waals surface area (Å²) in [4.78, 5) is 0. The van der Waals surface area contributed by atoms with Crippen molar-refractivity contribution in [3.63, 3.8) is 0 Å². The molecule has 2 nitrogen and oxygen atoms in total. The summed E-state index contributed by atoms with van der Waals surface area (Å²) in [5.74, 6) is 2.27. The lowest BCUT2D eigenvalue weighted by molar-refractivity contribution is 0.479. The molecule has 2 heteroatoms. The molecule has 2 rings (SSSR count). The number of furan rings is 1. The van der Waals surface area contributed by atoms with Crippen molar-refractivity contribution >= 4 is 0 Å². The van der Waals surface area contributed by atoms with Crippen molar-refractivity contribution in [3.8, 4) is 0 Å². The van der Waals surface area contributed by atoms with Crippen LogP contribution in [0.4, 0.5) is 0 Å². The van der Waals surface area contributed by atoms with Crippen molar-refractivity contribution in [2.75, 3.05) is 6.54 Å². The maximum atomic E-state index is 5.71. The molecule has 72 valence electrons. The average Bonchev–Trinajstić information content (AvgIpc) is 2.41. The number of hydrogen-bond donors (Lipinski definition) is 1. The van der Waals surface area contributed by atoms with Crippen LogP contribution in [0.5, 0.6) is 0 Å². The van der Waals surface area contributed by atoms with Crippen molar-refractivity contribution in [2.45, 2.75) is 26.7 Å². The molecule has 1 aliphatic carbocycles. The van der Waals surface area contributed by atoms with Gasteiger partial charge >= 0.3 is 0 Å². The minimum Gasteiger partial charge on any atom is -0.469 e. The molecule has 1 aromatic rings. The highest BCUT2D eigenvalue weighted by molar-refractivity contribution is 5.30. The second-order valence-corrected chi connectivity index (χ2v) is 4.61. The monoisotopic (exact) mass is 179 g/mol. The van der Waals surface area contributed by atoms with E-state index in [4.69, 9.17) is 10.2 Å². The Morgan fingerprint density at radius 2 is 2.23 bits per heavy atom. The summed E-state index contributed by atoms with van der Waals surface area (Å²) in [5, 5.41) is 0. The van der Waals surface area contributed by atoms with Gasteiger partial charge in [0.25, 0.3) is 0 Å². The predicted octanol–water partition coefficient (Wildman–Crippen LogP) is 2.29. The smallest absolute Gasteiger partial charge is 0.110 e. The molecule has 1 fully saturated rings. The van der Waals surface area contributed by atoms with E-state index in [-0.39, 0.29) is 0 Å². The van der Waals surface area contributed by atoms with E-state index in [9.17, 15) is 0 Å². The Bertz CT molecular complexity index is 314. The lowest BCUT2D eigenvalue weighted by Gasteiger charge is -2.00. The summed E-state index contributed by atoms with van der Waals surface area (Å²) < 4.78 is 5.50. The zero-order valence-electron chi connectivity index (χ0n) is 8.50. The van der Waals surface area contributed by atoms with Gasteiger partial charge in [0.05, 0.1) is 6.26 Å². The van der Waals surface area contributed by atoms with Gasteiger partial charge in [0.1, 0.15) is 5.76 Å². The number of rotatable bonds is 2. The van der Waals surface area contributed by atoms with Gasteiger partial charge in [-0.2, -0.15) is 0 Å². The van der Waals surface area contributed by atoms with Crippen LogP contribution >= 0.6 is 0 Å². The third kappa shape index (κ3) is 1.12. The first-order valence-electron chi connectivity index (χ1n) is 4.83. The standard InChI is InChI=1S/C11H17NO/c1-7-4-5-13-10(7)9-8(6-12)11(9,2)3/h4-5,8-9H,6,12H2,1-3H3. The van der Waals surface area contributed by atoms with Crippen LogP contribution in [0.15, 0.2) is 16.7 Å². The van der Waals surface area contributed by atoms with E-state index in [1.807, 2.05) is 6.07 Å². The lowest BCUT2D eigenvalue weighted by atomic mass is 10.1. The van der Waals surface area contributed by atoms with Gasteiger partial charge in [-0.25, -0.2) is 0 Å². The normalized spacial score (nSPS) is 30.5. The Labute approximate surface area is 79.1 Å². The van der Waals surface area contributed by atoms with Crippen molar-refractivity contribution in [3.05, 3.63) is 23.7 Å². The van der Waals surface area contributed by atoms with E-state index in [1.54, 1.807) is 6.26 Å². The molecule has 2 N–H and O–H groups in total. The van der Waals surface area contributed by atoms with E-state index in [0.29, 0.717) is 17.3 Å². The van der Waals surface area contributed by atoms with Crippen LogP contribution in [0.2, 0.25) is 0 Å². The number of aryl methyl sites for hydroxylation is 1. The predicted molar refractivity (Wildman–Crippen MR) is 52.5 cm³/mol. The van der Waals surface area contributed by atoms with Gasteiger partial charge in [0.15, 0.2) is 0 Å². The maximum absolute atomic E-state index is 5.71. The summed E-state index contributed by atoms with van der Waals surface area (Å²) in [6, 6.07) is 2.03.